The van der Waals surface area contributed by atoms with E-state index in [0.29, 0.717) is 13.0 Å². The van der Waals surface area contributed by atoms with Crippen LogP contribution in [0.2, 0.25) is 0 Å². The van der Waals surface area contributed by atoms with Crippen molar-refractivity contribution in [3.8, 4) is 0 Å². The van der Waals surface area contributed by atoms with Gasteiger partial charge in [0.1, 0.15) is 6.54 Å². The predicted molar refractivity (Wildman–Crippen MR) is 98.8 cm³/mol. The molecule has 1 aromatic carbocycles. The van der Waals surface area contributed by atoms with Crippen LogP contribution in [0, 0.1) is 0 Å². The molecule has 2 amide bonds. The van der Waals surface area contributed by atoms with Crippen molar-refractivity contribution in [2.45, 2.75) is 12.8 Å². The quantitative estimate of drug-likeness (QED) is 0.699. The summed E-state index contributed by atoms with van der Waals surface area (Å²) in [5, 5.41) is 4.28. The third-order valence-corrected chi connectivity index (χ3v) is 4.50. The Morgan fingerprint density at radius 1 is 1.19 bits per heavy atom. The molecule has 0 unspecified atom stereocenters. The first-order valence-corrected chi connectivity index (χ1v) is 9.12. The maximum Gasteiger partial charge on any atom is 0.245 e. The van der Waals surface area contributed by atoms with Crippen LogP contribution in [0.4, 0.5) is 0 Å². The van der Waals surface area contributed by atoms with Gasteiger partial charge >= 0.3 is 0 Å². The molecule has 140 valence electrons. The second kappa shape index (κ2) is 9.35. The highest BCUT2D eigenvalue weighted by Gasteiger charge is 2.21. The number of nitrogens with zero attached hydrogens (tertiary/aromatic N) is 2. The SMILES string of the molecule is O=C(CN1NC(c2ccccc2)=CCC1=O)NCCCN1CCOCC1. The fraction of sp³-hybridized carbons (Fsp3) is 0.474. The molecule has 0 aromatic heterocycles. The van der Waals surface area contributed by atoms with Crippen molar-refractivity contribution in [2.24, 2.45) is 0 Å². The van der Waals surface area contributed by atoms with Crippen molar-refractivity contribution in [2.75, 3.05) is 45.9 Å². The Labute approximate surface area is 154 Å². The van der Waals surface area contributed by atoms with Crippen molar-refractivity contribution >= 4 is 17.5 Å². The number of carbonyl (C=O) groups excluding carboxylic acids is 2. The van der Waals surface area contributed by atoms with Crippen LogP contribution in [-0.2, 0) is 14.3 Å². The lowest BCUT2D eigenvalue weighted by atomic mass is 10.1. The molecule has 7 heteroatoms. The summed E-state index contributed by atoms with van der Waals surface area (Å²) in [5.74, 6) is -0.254. The standard InChI is InChI=1S/C19H26N4O3/c24-18(20-9-4-10-22-11-13-26-14-12-22)15-23-19(25)8-7-17(21-23)16-5-2-1-3-6-16/h1-3,5-7,21H,4,8-15H2,(H,20,24). The Morgan fingerprint density at radius 3 is 2.73 bits per heavy atom. The van der Waals surface area contributed by atoms with Gasteiger partial charge in [-0.15, -0.1) is 0 Å². The van der Waals surface area contributed by atoms with Gasteiger partial charge in [-0.25, -0.2) is 5.01 Å². The Hall–Kier alpha value is -2.38. The Kier molecular flexibility index (Phi) is 6.62. The molecule has 0 aliphatic carbocycles. The molecular weight excluding hydrogens is 332 g/mol. The van der Waals surface area contributed by atoms with E-state index in [9.17, 15) is 9.59 Å². The number of carbonyl (C=O) groups is 2. The highest BCUT2D eigenvalue weighted by molar-refractivity contribution is 5.88. The lowest BCUT2D eigenvalue weighted by Gasteiger charge is -2.29. The Balaban J connectivity index is 1.40. The van der Waals surface area contributed by atoms with E-state index < -0.39 is 0 Å². The summed E-state index contributed by atoms with van der Waals surface area (Å²) in [6.07, 6.45) is 3.04. The molecule has 3 rings (SSSR count). The van der Waals surface area contributed by atoms with Gasteiger partial charge in [0.2, 0.25) is 11.8 Å². The highest BCUT2D eigenvalue weighted by atomic mass is 16.5. The minimum Gasteiger partial charge on any atom is -0.379 e. The number of hydrogen-bond acceptors (Lipinski definition) is 5. The lowest BCUT2D eigenvalue weighted by molar-refractivity contribution is -0.137. The molecule has 1 fully saturated rings. The fourth-order valence-electron chi connectivity index (χ4n) is 3.04. The molecule has 2 aliphatic heterocycles. The van der Waals surface area contributed by atoms with Crippen molar-refractivity contribution in [3.63, 3.8) is 0 Å². The van der Waals surface area contributed by atoms with E-state index in [1.165, 1.54) is 5.01 Å². The van der Waals surface area contributed by atoms with Crippen LogP contribution in [0.15, 0.2) is 36.4 Å². The van der Waals surface area contributed by atoms with E-state index in [-0.39, 0.29) is 18.4 Å². The van der Waals surface area contributed by atoms with E-state index in [4.69, 9.17) is 4.74 Å². The van der Waals surface area contributed by atoms with Crippen LogP contribution < -0.4 is 10.7 Å². The van der Waals surface area contributed by atoms with E-state index >= 15 is 0 Å². The van der Waals surface area contributed by atoms with Gasteiger partial charge in [0.15, 0.2) is 0 Å². The molecule has 7 nitrogen and oxygen atoms in total. The highest BCUT2D eigenvalue weighted by Crippen LogP contribution is 2.16. The van der Waals surface area contributed by atoms with Crippen molar-refractivity contribution in [3.05, 3.63) is 42.0 Å². The molecule has 26 heavy (non-hydrogen) atoms. The molecule has 2 N–H and O–H groups in total. The number of amides is 2. The zero-order valence-corrected chi connectivity index (χ0v) is 14.9. The molecule has 1 saturated heterocycles. The molecule has 0 atom stereocenters. The van der Waals surface area contributed by atoms with Crippen molar-refractivity contribution in [1.82, 2.24) is 20.7 Å². The van der Waals surface area contributed by atoms with Gasteiger partial charge in [-0.1, -0.05) is 30.3 Å². The number of hydrazine groups is 1. The van der Waals surface area contributed by atoms with Crippen molar-refractivity contribution in [1.29, 1.82) is 0 Å². The summed E-state index contributed by atoms with van der Waals surface area (Å²) in [7, 11) is 0. The minimum atomic E-state index is -0.151. The lowest BCUT2D eigenvalue weighted by Crippen LogP contribution is -2.49. The molecule has 0 spiro atoms. The van der Waals surface area contributed by atoms with Gasteiger partial charge in [-0.2, -0.15) is 0 Å². The third-order valence-electron chi connectivity index (χ3n) is 4.50. The zero-order chi connectivity index (χ0) is 18.2. The first-order valence-electron chi connectivity index (χ1n) is 9.12. The van der Waals surface area contributed by atoms with Gasteiger partial charge in [0.05, 0.1) is 18.9 Å². The van der Waals surface area contributed by atoms with Crippen LogP contribution in [-0.4, -0.2) is 67.7 Å². The predicted octanol–water partition coefficient (Wildman–Crippen LogP) is 0.603. The zero-order valence-electron chi connectivity index (χ0n) is 14.9. The average Bonchev–Trinajstić information content (AvgIpc) is 2.68. The van der Waals surface area contributed by atoms with Gasteiger partial charge in [0, 0.05) is 26.1 Å². The Morgan fingerprint density at radius 2 is 1.96 bits per heavy atom. The second-order valence-corrected chi connectivity index (χ2v) is 6.44. The van der Waals surface area contributed by atoms with Gasteiger partial charge in [0.25, 0.3) is 0 Å². The van der Waals surface area contributed by atoms with E-state index in [1.54, 1.807) is 0 Å². The summed E-state index contributed by atoms with van der Waals surface area (Å²) in [6, 6.07) is 9.77. The monoisotopic (exact) mass is 358 g/mol. The fourth-order valence-corrected chi connectivity index (χ4v) is 3.04. The summed E-state index contributed by atoms with van der Waals surface area (Å²) in [4.78, 5) is 26.6. The summed E-state index contributed by atoms with van der Waals surface area (Å²) in [5.41, 5.74) is 4.90. The third kappa shape index (κ3) is 5.31. The van der Waals surface area contributed by atoms with Gasteiger partial charge < -0.3 is 10.1 Å². The maximum absolute atomic E-state index is 12.2. The number of rotatable bonds is 7. The van der Waals surface area contributed by atoms with E-state index in [1.807, 2.05) is 36.4 Å². The van der Waals surface area contributed by atoms with Gasteiger partial charge in [-0.05, 0) is 24.6 Å². The molecule has 0 saturated carbocycles. The van der Waals surface area contributed by atoms with Crippen LogP contribution in [0.5, 0.6) is 0 Å². The van der Waals surface area contributed by atoms with Crippen LogP contribution in [0.25, 0.3) is 5.70 Å². The van der Waals surface area contributed by atoms with Crippen LogP contribution >= 0.6 is 0 Å². The van der Waals surface area contributed by atoms with Gasteiger partial charge in [-0.3, -0.25) is 19.9 Å². The summed E-state index contributed by atoms with van der Waals surface area (Å²) >= 11 is 0. The van der Waals surface area contributed by atoms with Crippen LogP contribution in [0.1, 0.15) is 18.4 Å². The van der Waals surface area contributed by atoms with Crippen LogP contribution in [0.3, 0.4) is 0 Å². The molecule has 2 heterocycles. The molecule has 0 radical (unpaired) electrons. The first-order chi connectivity index (χ1) is 12.7. The summed E-state index contributed by atoms with van der Waals surface area (Å²) < 4.78 is 5.32. The first kappa shape index (κ1) is 18.4. The topological polar surface area (TPSA) is 73.9 Å². The molecular formula is C19H26N4O3. The minimum absolute atomic E-state index is 0.0144. The maximum atomic E-state index is 12.2. The number of morpholine rings is 1. The molecule has 2 aliphatic rings. The molecule has 1 aromatic rings. The number of benzene rings is 1. The average molecular weight is 358 g/mol. The van der Waals surface area contributed by atoms with Crippen molar-refractivity contribution < 1.29 is 14.3 Å². The van der Waals surface area contributed by atoms with E-state index in [0.717, 1.165) is 50.5 Å². The number of ether oxygens (including phenoxy) is 1. The van der Waals surface area contributed by atoms with E-state index in [2.05, 4.69) is 15.6 Å². The number of hydrogen-bond donors (Lipinski definition) is 2. The smallest absolute Gasteiger partial charge is 0.245 e. The largest absolute Gasteiger partial charge is 0.379 e. The number of nitrogens with one attached hydrogen (secondary N) is 2. The molecule has 0 bridgehead atoms. The normalized spacial score (nSPS) is 18.2. The summed E-state index contributed by atoms with van der Waals surface area (Å²) in [6.45, 7) is 5.05. The Bertz CT molecular complexity index is 641. The second-order valence-electron chi connectivity index (χ2n) is 6.44.